The molecule has 37 heavy (non-hydrogen) atoms. The van der Waals surface area contributed by atoms with E-state index in [1.807, 2.05) is 31.2 Å². The van der Waals surface area contributed by atoms with Crippen molar-refractivity contribution >= 4 is 15.7 Å². The van der Waals surface area contributed by atoms with Gasteiger partial charge in [0, 0.05) is 23.2 Å². The number of benzene rings is 2. The maximum atomic E-state index is 12.4. The average molecular weight is 518 g/mol. The molecule has 0 saturated heterocycles. The van der Waals surface area contributed by atoms with Crippen LogP contribution in [0, 0.1) is 6.92 Å². The number of hydrogen-bond acceptors (Lipinski definition) is 8. The van der Waals surface area contributed by atoms with E-state index >= 15 is 0 Å². The number of sulfonamides is 1. The van der Waals surface area contributed by atoms with Gasteiger partial charge in [0.2, 0.25) is 0 Å². The molecular formula is C25H27N9O2S. The van der Waals surface area contributed by atoms with E-state index < -0.39 is 10.0 Å². The topological polar surface area (TPSA) is 144 Å². The molecule has 0 fully saturated rings. The van der Waals surface area contributed by atoms with Crippen molar-refractivity contribution in [3.63, 3.8) is 0 Å². The van der Waals surface area contributed by atoms with Gasteiger partial charge in [-0.1, -0.05) is 61.9 Å². The molecule has 0 radical (unpaired) electrons. The number of H-pyrrole nitrogens is 1. The van der Waals surface area contributed by atoms with Crippen molar-refractivity contribution in [2.75, 3.05) is 7.05 Å². The maximum absolute atomic E-state index is 12.4. The lowest BCUT2D eigenvalue weighted by atomic mass is 9.96. The first kappa shape index (κ1) is 24.7. The third-order valence-corrected chi connectivity index (χ3v) is 7.45. The van der Waals surface area contributed by atoms with Crippen LogP contribution in [0.4, 0.5) is 0 Å². The van der Waals surface area contributed by atoms with E-state index in [4.69, 9.17) is 4.98 Å². The molecule has 3 heterocycles. The third-order valence-electron chi connectivity index (χ3n) is 6.26. The molecule has 2 aromatic carbocycles. The molecule has 0 aliphatic carbocycles. The zero-order valence-corrected chi connectivity index (χ0v) is 21.6. The Morgan fingerprint density at radius 2 is 1.78 bits per heavy atom. The van der Waals surface area contributed by atoms with Gasteiger partial charge >= 0.3 is 0 Å². The van der Waals surface area contributed by atoms with Gasteiger partial charge in [0.05, 0.1) is 0 Å². The molecule has 0 aliphatic heterocycles. The highest BCUT2D eigenvalue weighted by atomic mass is 32.2. The van der Waals surface area contributed by atoms with Gasteiger partial charge in [0.1, 0.15) is 5.82 Å². The highest BCUT2D eigenvalue weighted by Gasteiger charge is 2.23. The smallest absolute Gasteiger partial charge is 0.239 e. The quantitative estimate of drug-likeness (QED) is 0.303. The monoisotopic (exact) mass is 517 g/mol. The highest BCUT2D eigenvalue weighted by Crippen LogP contribution is 2.30. The number of rotatable bonds is 9. The number of nitrogens with zero attached hydrogens (tertiary/aromatic N) is 7. The van der Waals surface area contributed by atoms with Crippen molar-refractivity contribution in [3.8, 4) is 22.5 Å². The Bertz CT molecular complexity index is 1640. The van der Waals surface area contributed by atoms with Crippen molar-refractivity contribution < 1.29 is 8.42 Å². The fourth-order valence-electron chi connectivity index (χ4n) is 4.31. The van der Waals surface area contributed by atoms with Crippen LogP contribution >= 0.6 is 0 Å². The summed E-state index contributed by atoms with van der Waals surface area (Å²) >= 11 is 0. The Labute approximate surface area is 214 Å². The summed E-state index contributed by atoms with van der Waals surface area (Å²) in [7, 11) is -2.45. The van der Waals surface area contributed by atoms with Crippen LogP contribution in [-0.4, -0.2) is 55.7 Å². The van der Waals surface area contributed by atoms with E-state index in [0.29, 0.717) is 23.7 Å². The van der Waals surface area contributed by atoms with E-state index in [2.05, 4.69) is 66.6 Å². The van der Waals surface area contributed by atoms with Crippen molar-refractivity contribution in [1.29, 1.82) is 0 Å². The summed E-state index contributed by atoms with van der Waals surface area (Å²) in [5.74, 6) is 1.20. The van der Waals surface area contributed by atoms with Crippen LogP contribution in [0.15, 0.2) is 53.7 Å². The van der Waals surface area contributed by atoms with E-state index in [9.17, 15) is 8.42 Å². The summed E-state index contributed by atoms with van der Waals surface area (Å²) in [6.45, 7) is 3.94. The van der Waals surface area contributed by atoms with E-state index in [1.54, 1.807) is 0 Å². The summed E-state index contributed by atoms with van der Waals surface area (Å²) in [5.41, 5.74) is 6.31. The Hall–Kier alpha value is -4.03. The predicted octanol–water partition coefficient (Wildman–Crippen LogP) is 3.12. The van der Waals surface area contributed by atoms with E-state index in [0.717, 1.165) is 52.8 Å². The van der Waals surface area contributed by atoms with Crippen LogP contribution in [0.25, 0.3) is 28.2 Å². The van der Waals surface area contributed by atoms with Gasteiger partial charge in [-0.25, -0.2) is 23.2 Å². The summed E-state index contributed by atoms with van der Waals surface area (Å²) in [5, 5.41) is 18.3. The Morgan fingerprint density at radius 3 is 2.46 bits per heavy atom. The van der Waals surface area contributed by atoms with Gasteiger partial charge in [0.25, 0.3) is 15.2 Å². The van der Waals surface area contributed by atoms with Gasteiger partial charge in [-0.05, 0) is 53.9 Å². The minimum absolute atomic E-state index is 0.261. The fraction of sp³-hybridized carbons (Fsp3) is 0.280. The Morgan fingerprint density at radius 1 is 1.03 bits per heavy atom. The molecule has 5 rings (SSSR count). The summed E-state index contributed by atoms with van der Waals surface area (Å²) in [6.07, 6.45) is 3.31. The molecule has 11 nitrogen and oxygen atoms in total. The molecule has 12 heteroatoms. The second-order valence-corrected chi connectivity index (χ2v) is 10.5. The molecule has 5 aromatic rings. The van der Waals surface area contributed by atoms with Crippen LogP contribution in [0.1, 0.15) is 42.4 Å². The highest BCUT2D eigenvalue weighted by molar-refractivity contribution is 7.89. The average Bonchev–Trinajstić information content (AvgIpc) is 3.61. The lowest BCUT2D eigenvalue weighted by molar-refractivity contribution is 0.578. The first-order chi connectivity index (χ1) is 17.9. The van der Waals surface area contributed by atoms with Crippen molar-refractivity contribution in [3.05, 3.63) is 71.2 Å². The molecule has 0 bridgehead atoms. The van der Waals surface area contributed by atoms with E-state index in [-0.39, 0.29) is 5.16 Å². The number of aromatic amines is 1. The first-order valence-electron chi connectivity index (χ1n) is 12.0. The Balaban J connectivity index is 1.54. The minimum atomic E-state index is -3.79. The summed E-state index contributed by atoms with van der Waals surface area (Å²) in [6, 6.07) is 16.2. The van der Waals surface area contributed by atoms with Gasteiger partial charge in [-0.3, -0.25) is 0 Å². The molecule has 0 spiro atoms. The zero-order chi connectivity index (χ0) is 26.0. The molecule has 0 amide bonds. The summed E-state index contributed by atoms with van der Waals surface area (Å²) in [4.78, 5) is 9.21. The summed E-state index contributed by atoms with van der Waals surface area (Å²) < 4.78 is 28.6. The van der Waals surface area contributed by atoms with Crippen molar-refractivity contribution in [2.45, 2.75) is 44.7 Å². The molecule has 0 unspecified atom stereocenters. The first-order valence-corrected chi connectivity index (χ1v) is 13.5. The number of tetrazole rings is 1. The molecule has 190 valence electrons. The molecule has 0 saturated carbocycles. The molecule has 0 atom stereocenters. The van der Waals surface area contributed by atoms with Crippen molar-refractivity contribution in [1.82, 2.24) is 44.9 Å². The second-order valence-electron chi connectivity index (χ2n) is 8.69. The Kier molecular flexibility index (Phi) is 6.76. The minimum Gasteiger partial charge on any atom is -0.239 e. The molecule has 3 aromatic heterocycles. The van der Waals surface area contributed by atoms with E-state index in [1.165, 1.54) is 11.6 Å². The number of fused-ring (bicyclic) bond motifs is 1. The standard InChI is InChI=1S/C25H27N9O2S/c1-4-5-10-22-21(24-28-25(37(35,36)26-3)31-34(24)16(2)27-22)15-17-11-13-18(14-12-17)19-8-6-7-9-20(19)23-29-32-33-30-23/h6-9,11-14,26H,4-5,10,15H2,1-3H3,(H,29,30,32,33). The lowest BCUT2D eigenvalue weighted by Gasteiger charge is -2.12. The van der Waals surface area contributed by atoms with Crippen LogP contribution in [0.3, 0.4) is 0 Å². The number of aryl methyl sites for hydroxylation is 2. The van der Waals surface area contributed by atoms with Gasteiger partial charge in [0.15, 0.2) is 11.5 Å². The van der Waals surface area contributed by atoms with Gasteiger partial charge in [-0.15, -0.1) is 10.2 Å². The van der Waals surface area contributed by atoms with Gasteiger partial charge in [-0.2, -0.15) is 9.50 Å². The number of hydrogen-bond donors (Lipinski definition) is 2. The third kappa shape index (κ3) is 4.85. The molecule has 0 aliphatic rings. The van der Waals surface area contributed by atoms with Crippen LogP contribution < -0.4 is 4.72 Å². The molecule has 2 N–H and O–H groups in total. The predicted molar refractivity (Wildman–Crippen MR) is 138 cm³/mol. The maximum Gasteiger partial charge on any atom is 0.283 e. The SMILES string of the molecule is CCCCc1nc(C)n2nc(S(=O)(=O)NC)nc2c1Cc1ccc(-c2ccccc2-c2nnn[nH]2)cc1. The van der Waals surface area contributed by atoms with Gasteiger partial charge < -0.3 is 0 Å². The number of nitrogens with one attached hydrogen (secondary N) is 2. The largest absolute Gasteiger partial charge is 0.283 e. The van der Waals surface area contributed by atoms with Crippen LogP contribution in [0.2, 0.25) is 0 Å². The zero-order valence-electron chi connectivity index (χ0n) is 20.8. The lowest BCUT2D eigenvalue weighted by Crippen LogP contribution is -2.20. The van der Waals surface area contributed by atoms with Crippen LogP contribution in [-0.2, 0) is 22.9 Å². The van der Waals surface area contributed by atoms with Crippen molar-refractivity contribution in [2.24, 2.45) is 0 Å². The molecular weight excluding hydrogens is 490 g/mol. The number of aromatic nitrogens is 8. The number of unbranched alkanes of at least 4 members (excludes halogenated alkanes) is 1. The fourth-order valence-corrected chi connectivity index (χ4v) is 4.89. The second kappa shape index (κ2) is 10.1. The normalized spacial score (nSPS) is 11.9. The van der Waals surface area contributed by atoms with Crippen LogP contribution in [0.5, 0.6) is 0 Å².